The summed E-state index contributed by atoms with van der Waals surface area (Å²) < 4.78 is 97.0. The van der Waals surface area contributed by atoms with Crippen molar-refractivity contribution in [1.82, 2.24) is 5.32 Å². The molecule has 0 radical (unpaired) electrons. The fourth-order valence-electron chi connectivity index (χ4n) is 3.88. The number of hydrogen-bond acceptors (Lipinski definition) is 7. The van der Waals surface area contributed by atoms with E-state index in [1.165, 1.54) is 18.2 Å². The molecule has 41 heavy (non-hydrogen) atoms. The molecule has 2 heterocycles. The van der Waals surface area contributed by atoms with Gasteiger partial charge in [-0.3, -0.25) is 14.4 Å². The van der Waals surface area contributed by atoms with Crippen LogP contribution in [0.25, 0.3) is 0 Å². The summed E-state index contributed by atoms with van der Waals surface area (Å²) in [5.41, 5.74) is -3.71. The van der Waals surface area contributed by atoms with Crippen LogP contribution in [0.4, 0.5) is 33.7 Å². The second-order valence-corrected chi connectivity index (χ2v) is 12.6. The monoisotopic (exact) mass is 623 g/mol. The quantitative estimate of drug-likeness (QED) is 0.436. The molecule has 2 amide bonds. The average molecular weight is 624 g/mol. The summed E-state index contributed by atoms with van der Waals surface area (Å²) >= 11 is 5.82. The van der Waals surface area contributed by atoms with E-state index in [0.717, 1.165) is 22.5 Å². The summed E-state index contributed by atoms with van der Waals surface area (Å²) in [6, 6.07) is 6.56. The zero-order valence-electron chi connectivity index (χ0n) is 22.0. The van der Waals surface area contributed by atoms with Crippen molar-refractivity contribution in [1.29, 1.82) is 0 Å². The number of halogens is 5. The van der Waals surface area contributed by atoms with E-state index in [1.807, 2.05) is 0 Å². The van der Waals surface area contributed by atoms with E-state index in [0.29, 0.717) is 13.8 Å². The van der Waals surface area contributed by atoms with Crippen LogP contribution >= 0.6 is 11.6 Å². The number of carbonyl (C=O) groups excluding carboxylic acids is 2. The van der Waals surface area contributed by atoms with Gasteiger partial charge in [0.05, 0.1) is 47.3 Å². The van der Waals surface area contributed by atoms with Crippen LogP contribution in [-0.4, -0.2) is 64.6 Å². The molecular formula is C25H26ClF4N3O7S. The summed E-state index contributed by atoms with van der Waals surface area (Å²) in [7, 11) is -4.42. The smallest absolute Gasteiger partial charge is 0.427 e. The van der Waals surface area contributed by atoms with Gasteiger partial charge in [-0.1, -0.05) is 11.6 Å². The van der Waals surface area contributed by atoms with Crippen molar-refractivity contribution >= 4 is 45.0 Å². The van der Waals surface area contributed by atoms with E-state index in [4.69, 9.17) is 21.1 Å². The number of carbonyl (C=O) groups is 2. The molecule has 2 N–H and O–H groups in total. The van der Waals surface area contributed by atoms with E-state index < -0.39 is 50.3 Å². The molecule has 0 aromatic heterocycles. The van der Waals surface area contributed by atoms with Gasteiger partial charge >= 0.3 is 12.3 Å². The number of benzene rings is 2. The number of nitrogens with zero attached hydrogens (tertiary/aromatic N) is 1. The molecule has 1 fully saturated rings. The van der Waals surface area contributed by atoms with E-state index >= 15 is 0 Å². The average Bonchev–Trinajstić information content (AvgIpc) is 2.85. The number of rotatable bonds is 7. The van der Waals surface area contributed by atoms with Crippen molar-refractivity contribution in [2.75, 3.05) is 35.9 Å². The largest absolute Gasteiger partial charge is 0.484 e. The highest BCUT2D eigenvalue weighted by Gasteiger charge is 2.51. The molecule has 0 spiro atoms. The molecular weight excluding hydrogens is 598 g/mol. The van der Waals surface area contributed by atoms with Gasteiger partial charge in [-0.15, -0.1) is 0 Å². The van der Waals surface area contributed by atoms with Gasteiger partial charge in [0.1, 0.15) is 17.7 Å². The van der Waals surface area contributed by atoms with Crippen LogP contribution in [-0.2, 0) is 24.3 Å². The third-order valence-corrected chi connectivity index (χ3v) is 8.59. The Balaban J connectivity index is 1.63. The lowest BCUT2D eigenvalue weighted by atomic mass is 9.87. The van der Waals surface area contributed by atoms with Crippen LogP contribution in [0, 0.1) is 11.2 Å². The summed E-state index contributed by atoms with van der Waals surface area (Å²) in [5.74, 6) is -1.12. The van der Waals surface area contributed by atoms with Gasteiger partial charge in [0.2, 0.25) is 11.5 Å². The molecule has 2 aromatic carbocycles. The highest BCUT2D eigenvalue weighted by molar-refractivity contribution is 7.92. The maximum absolute atomic E-state index is 13.8. The summed E-state index contributed by atoms with van der Waals surface area (Å²) in [6.45, 7) is 3.12. The summed E-state index contributed by atoms with van der Waals surface area (Å²) in [5, 5.41) is 4.44. The Morgan fingerprint density at radius 2 is 1.85 bits per heavy atom. The minimum absolute atomic E-state index is 0.0278. The molecule has 224 valence electrons. The van der Waals surface area contributed by atoms with Crippen molar-refractivity contribution in [3.05, 3.63) is 47.2 Å². The molecule has 1 saturated heterocycles. The number of hydrogen-bond donors (Lipinski definition) is 2. The lowest BCUT2D eigenvalue weighted by Gasteiger charge is -2.38. The first-order valence-electron chi connectivity index (χ1n) is 12.1. The zero-order chi connectivity index (χ0) is 30.4. The van der Waals surface area contributed by atoms with Gasteiger partial charge in [-0.25, -0.2) is 17.6 Å². The van der Waals surface area contributed by atoms with Crippen molar-refractivity contribution < 1.29 is 49.8 Å². The highest BCUT2D eigenvalue weighted by atomic mass is 35.5. The van der Waals surface area contributed by atoms with Crippen LogP contribution in [0.2, 0.25) is 5.02 Å². The van der Waals surface area contributed by atoms with E-state index in [-0.39, 0.29) is 54.2 Å². The molecule has 10 nitrogen and oxygen atoms in total. The van der Waals surface area contributed by atoms with Crippen LogP contribution in [0.5, 0.6) is 5.75 Å². The van der Waals surface area contributed by atoms with E-state index in [9.17, 15) is 35.6 Å². The fraction of sp³-hybridized carbons (Fsp3) is 0.440. The molecule has 1 atom stereocenters. The number of nitrogens with one attached hydrogen (secondary N) is 2. The Morgan fingerprint density at radius 3 is 2.44 bits per heavy atom. The molecule has 2 aliphatic rings. The maximum Gasteiger partial charge on any atom is 0.427 e. The normalized spacial score (nSPS) is 18.4. The standard InChI is InChI=1S/C25H26ClF4N3O7S/c1-23(2,25(28,29)30)40-22(35)32-14-4-7-20-19(8-14)33(41(36,37)16-5-6-18(27)17(26)9-16)11-15(39-20)10-31-21(34)24(3)12-38-13-24/h4-9,15H,10-13H2,1-3H3,(H,31,34)(H,32,35)/t15-/m0/s1. The lowest BCUT2D eigenvalue weighted by Crippen LogP contribution is -2.55. The predicted octanol–water partition coefficient (Wildman–Crippen LogP) is 4.48. The third kappa shape index (κ3) is 6.31. The maximum atomic E-state index is 13.8. The Labute approximate surface area is 237 Å². The van der Waals surface area contributed by atoms with Gasteiger partial charge in [0.15, 0.2) is 0 Å². The first-order valence-corrected chi connectivity index (χ1v) is 14.0. The summed E-state index contributed by atoms with van der Waals surface area (Å²) in [6.07, 6.45) is -7.15. The van der Waals surface area contributed by atoms with Crippen LogP contribution in [0.3, 0.4) is 0 Å². The molecule has 16 heteroatoms. The number of sulfonamides is 1. The van der Waals surface area contributed by atoms with Gasteiger partial charge in [-0.2, -0.15) is 13.2 Å². The molecule has 2 aromatic rings. The molecule has 0 bridgehead atoms. The SMILES string of the molecule is CC1(C(=O)NC[C@H]2CN(S(=O)(=O)c3ccc(F)c(Cl)c3)c3cc(NC(=O)OC(C)(C)C(F)(F)F)ccc3O2)COC1. The Morgan fingerprint density at radius 1 is 1.17 bits per heavy atom. The van der Waals surface area contributed by atoms with E-state index in [1.54, 1.807) is 6.92 Å². The van der Waals surface area contributed by atoms with Gasteiger partial charge in [0.25, 0.3) is 10.0 Å². The number of fused-ring (bicyclic) bond motifs is 1. The van der Waals surface area contributed by atoms with Gasteiger partial charge in [-0.05, 0) is 57.2 Å². The van der Waals surface area contributed by atoms with Gasteiger partial charge < -0.3 is 19.5 Å². The minimum Gasteiger partial charge on any atom is -0.484 e. The molecule has 0 unspecified atom stereocenters. The Bertz CT molecular complexity index is 1470. The Kier molecular flexibility index (Phi) is 8.10. The fourth-order valence-corrected chi connectivity index (χ4v) is 5.65. The number of anilines is 2. The first kappa shape index (κ1) is 30.7. The second kappa shape index (κ2) is 10.8. The predicted molar refractivity (Wildman–Crippen MR) is 139 cm³/mol. The van der Waals surface area contributed by atoms with Crippen LogP contribution in [0.15, 0.2) is 41.3 Å². The molecule has 0 aliphatic carbocycles. The Hall–Kier alpha value is -3.30. The third-order valence-electron chi connectivity index (χ3n) is 6.53. The summed E-state index contributed by atoms with van der Waals surface area (Å²) in [4.78, 5) is 24.4. The number of amides is 2. The lowest BCUT2D eigenvalue weighted by molar-refractivity contribution is -0.242. The van der Waals surface area contributed by atoms with E-state index in [2.05, 4.69) is 15.4 Å². The van der Waals surface area contributed by atoms with Gasteiger partial charge in [0, 0.05) is 5.69 Å². The molecule has 4 rings (SSSR count). The van der Waals surface area contributed by atoms with Crippen molar-refractivity contribution in [2.45, 2.75) is 43.5 Å². The first-order chi connectivity index (χ1) is 18.9. The highest BCUT2D eigenvalue weighted by Crippen LogP contribution is 2.40. The van der Waals surface area contributed by atoms with Crippen molar-refractivity contribution in [3.8, 4) is 5.75 Å². The van der Waals surface area contributed by atoms with Crippen LogP contribution < -0.4 is 19.7 Å². The topological polar surface area (TPSA) is 123 Å². The van der Waals surface area contributed by atoms with Crippen molar-refractivity contribution in [3.63, 3.8) is 0 Å². The number of ether oxygens (including phenoxy) is 3. The molecule has 0 saturated carbocycles. The minimum atomic E-state index is -4.84. The zero-order valence-corrected chi connectivity index (χ0v) is 23.5. The molecule has 2 aliphatic heterocycles. The second-order valence-electron chi connectivity index (χ2n) is 10.3. The number of alkyl halides is 3. The van der Waals surface area contributed by atoms with Crippen molar-refractivity contribution in [2.24, 2.45) is 5.41 Å². The van der Waals surface area contributed by atoms with Crippen LogP contribution in [0.1, 0.15) is 20.8 Å².